The van der Waals surface area contributed by atoms with Gasteiger partial charge in [0.15, 0.2) is 0 Å². The zero-order valence-corrected chi connectivity index (χ0v) is 13.4. The van der Waals surface area contributed by atoms with E-state index in [4.69, 9.17) is 10.5 Å². The molecule has 6 heteroatoms. The first-order valence-corrected chi connectivity index (χ1v) is 7.21. The van der Waals surface area contributed by atoms with Crippen molar-refractivity contribution in [3.05, 3.63) is 62.3 Å². The molecule has 0 heterocycles. The molecule has 20 heavy (non-hydrogen) atoms. The van der Waals surface area contributed by atoms with E-state index < -0.39 is 5.97 Å². The fraction of sp³-hybridized carbons (Fsp3) is 0.0714. The molecule has 2 N–H and O–H groups in total. The maximum Gasteiger partial charge on any atom is 0.338 e. The number of nitrogens with two attached hydrogens (primary N) is 1. The molecule has 0 saturated heterocycles. The van der Waals surface area contributed by atoms with Crippen LogP contribution in [0, 0.1) is 5.82 Å². The molecule has 0 atom stereocenters. The van der Waals surface area contributed by atoms with Crippen molar-refractivity contribution < 1.29 is 13.9 Å². The van der Waals surface area contributed by atoms with Crippen molar-refractivity contribution in [1.29, 1.82) is 0 Å². The molecule has 104 valence electrons. The lowest BCUT2D eigenvalue weighted by Crippen LogP contribution is -2.06. The summed E-state index contributed by atoms with van der Waals surface area (Å²) in [5, 5.41) is 0. The summed E-state index contributed by atoms with van der Waals surface area (Å²) in [6.45, 7) is 0.0477. The highest BCUT2D eigenvalue weighted by molar-refractivity contribution is 9.10. The van der Waals surface area contributed by atoms with E-state index in [1.807, 2.05) is 0 Å². The first-order valence-electron chi connectivity index (χ1n) is 5.63. The monoisotopic (exact) mass is 401 g/mol. The van der Waals surface area contributed by atoms with Gasteiger partial charge in [-0.05, 0) is 30.3 Å². The van der Waals surface area contributed by atoms with Crippen LogP contribution in [0.1, 0.15) is 15.9 Å². The summed E-state index contributed by atoms with van der Waals surface area (Å²) in [7, 11) is 0. The first-order chi connectivity index (χ1) is 9.45. The predicted octanol–water partition coefficient (Wildman–Crippen LogP) is 4.29. The van der Waals surface area contributed by atoms with Crippen molar-refractivity contribution in [3.63, 3.8) is 0 Å². The summed E-state index contributed by atoms with van der Waals surface area (Å²) < 4.78 is 19.4. The molecule has 0 fully saturated rings. The molecule has 2 rings (SSSR count). The molecule has 2 aromatic rings. The predicted molar refractivity (Wildman–Crippen MR) is 81.8 cm³/mol. The van der Waals surface area contributed by atoms with Gasteiger partial charge in [0, 0.05) is 20.2 Å². The molecule has 0 aliphatic carbocycles. The summed E-state index contributed by atoms with van der Waals surface area (Å²) in [5.41, 5.74) is 7.16. The summed E-state index contributed by atoms with van der Waals surface area (Å²) in [4.78, 5) is 11.9. The Morgan fingerprint density at radius 1 is 1.20 bits per heavy atom. The Balaban J connectivity index is 2.08. The lowest BCUT2D eigenvalue weighted by atomic mass is 10.2. The van der Waals surface area contributed by atoms with Crippen molar-refractivity contribution in [2.75, 3.05) is 5.73 Å². The van der Waals surface area contributed by atoms with Gasteiger partial charge in [-0.15, -0.1) is 0 Å². The molecule has 2 aromatic carbocycles. The van der Waals surface area contributed by atoms with E-state index in [9.17, 15) is 9.18 Å². The number of carbonyl (C=O) groups excluding carboxylic acids is 1. The molecular formula is C14H10Br2FNO2. The van der Waals surface area contributed by atoms with Gasteiger partial charge in [0.25, 0.3) is 0 Å². The van der Waals surface area contributed by atoms with Crippen LogP contribution in [0.25, 0.3) is 0 Å². The summed E-state index contributed by atoms with van der Waals surface area (Å²) >= 11 is 6.48. The van der Waals surface area contributed by atoms with E-state index in [1.54, 1.807) is 18.2 Å². The van der Waals surface area contributed by atoms with Crippen LogP contribution in [0.15, 0.2) is 45.3 Å². The highest BCUT2D eigenvalue weighted by Gasteiger charge is 2.10. The van der Waals surface area contributed by atoms with Crippen molar-refractivity contribution in [3.8, 4) is 0 Å². The van der Waals surface area contributed by atoms with Crippen LogP contribution in [0.5, 0.6) is 0 Å². The summed E-state index contributed by atoms with van der Waals surface area (Å²) in [5.74, 6) is -0.846. The number of benzene rings is 2. The van der Waals surface area contributed by atoms with Gasteiger partial charge in [0.1, 0.15) is 12.4 Å². The number of hydrogen-bond donors (Lipinski definition) is 1. The van der Waals surface area contributed by atoms with Crippen LogP contribution in [-0.4, -0.2) is 5.97 Å². The summed E-state index contributed by atoms with van der Waals surface area (Å²) in [6.07, 6.45) is 0. The molecule has 0 aliphatic rings. The van der Waals surface area contributed by atoms with E-state index in [0.717, 1.165) is 0 Å². The third kappa shape index (κ3) is 3.80. The molecule has 0 bridgehead atoms. The average Bonchev–Trinajstić information content (AvgIpc) is 2.36. The molecular weight excluding hydrogens is 393 g/mol. The van der Waals surface area contributed by atoms with Gasteiger partial charge in [0.05, 0.1) is 5.56 Å². The zero-order valence-electron chi connectivity index (χ0n) is 10.2. The molecule has 3 nitrogen and oxygen atoms in total. The molecule has 0 unspecified atom stereocenters. The molecule has 0 radical (unpaired) electrons. The number of anilines is 1. The standard InChI is InChI=1S/C14H10Br2FNO2/c15-10-3-9(4-12(18)5-10)14(19)20-7-8-1-2-11(17)6-13(8)16/h1-6H,7,18H2. The number of hydrogen-bond acceptors (Lipinski definition) is 3. The van der Waals surface area contributed by atoms with Crippen molar-refractivity contribution >= 4 is 43.5 Å². The minimum Gasteiger partial charge on any atom is -0.457 e. The quantitative estimate of drug-likeness (QED) is 0.615. The Morgan fingerprint density at radius 2 is 1.95 bits per heavy atom. The second-order valence-corrected chi connectivity index (χ2v) is 5.86. The Bertz CT molecular complexity index is 641. The Labute approximate surface area is 132 Å². The van der Waals surface area contributed by atoms with Crippen molar-refractivity contribution in [2.24, 2.45) is 0 Å². The lowest BCUT2D eigenvalue weighted by molar-refractivity contribution is 0.0472. The molecule has 0 saturated carbocycles. The van der Waals surface area contributed by atoms with Gasteiger partial charge < -0.3 is 10.5 Å². The molecule has 0 aromatic heterocycles. The van der Waals surface area contributed by atoms with Gasteiger partial charge in [0.2, 0.25) is 0 Å². The first kappa shape index (κ1) is 15.0. The number of rotatable bonds is 3. The number of esters is 1. The Kier molecular flexibility index (Phi) is 4.77. The van der Waals surface area contributed by atoms with Crippen LogP contribution in [0.4, 0.5) is 10.1 Å². The second-order valence-electron chi connectivity index (χ2n) is 4.09. The van der Waals surface area contributed by atoms with Crippen molar-refractivity contribution in [2.45, 2.75) is 6.61 Å². The number of ether oxygens (including phenoxy) is 1. The fourth-order valence-electron chi connectivity index (χ4n) is 1.60. The number of carbonyl (C=O) groups is 1. The van der Waals surface area contributed by atoms with Gasteiger partial charge in [-0.3, -0.25) is 0 Å². The number of nitrogen functional groups attached to an aromatic ring is 1. The third-order valence-electron chi connectivity index (χ3n) is 2.53. The maximum absolute atomic E-state index is 12.9. The van der Waals surface area contributed by atoms with E-state index in [-0.39, 0.29) is 12.4 Å². The smallest absolute Gasteiger partial charge is 0.338 e. The molecule has 0 aliphatic heterocycles. The van der Waals surface area contributed by atoms with E-state index in [0.29, 0.717) is 25.8 Å². The van der Waals surface area contributed by atoms with Gasteiger partial charge >= 0.3 is 5.97 Å². The Morgan fingerprint density at radius 3 is 2.60 bits per heavy atom. The van der Waals surface area contributed by atoms with Crippen LogP contribution in [-0.2, 0) is 11.3 Å². The minimum atomic E-state index is -0.491. The summed E-state index contributed by atoms with van der Waals surface area (Å²) in [6, 6.07) is 9.03. The van der Waals surface area contributed by atoms with Crippen LogP contribution >= 0.6 is 31.9 Å². The minimum absolute atomic E-state index is 0.0477. The SMILES string of the molecule is Nc1cc(Br)cc(C(=O)OCc2ccc(F)cc2Br)c1. The van der Waals surface area contributed by atoms with E-state index in [2.05, 4.69) is 31.9 Å². The second kappa shape index (κ2) is 6.37. The van der Waals surface area contributed by atoms with Gasteiger partial charge in [-0.2, -0.15) is 0 Å². The van der Waals surface area contributed by atoms with E-state index >= 15 is 0 Å². The number of halogens is 3. The van der Waals surface area contributed by atoms with Crippen LogP contribution < -0.4 is 5.73 Å². The highest BCUT2D eigenvalue weighted by Crippen LogP contribution is 2.21. The highest BCUT2D eigenvalue weighted by atomic mass is 79.9. The molecule has 0 spiro atoms. The van der Waals surface area contributed by atoms with Gasteiger partial charge in [-0.25, -0.2) is 9.18 Å². The van der Waals surface area contributed by atoms with E-state index in [1.165, 1.54) is 18.2 Å². The largest absolute Gasteiger partial charge is 0.457 e. The average molecular weight is 403 g/mol. The lowest BCUT2D eigenvalue weighted by Gasteiger charge is -2.08. The fourth-order valence-corrected chi connectivity index (χ4v) is 2.57. The van der Waals surface area contributed by atoms with Crippen LogP contribution in [0.3, 0.4) is 0 Å². The Hall–Kier alpha value is -1.40. The van der Waals surface area contributed by atoms with Crippen LogP contribution in [0.2, 0.25) is 0 Å². The van der Waals surface area contributed by atoms with Gasteiger partial charge in [-0.1, -0.05) is 37.9 Å². The molecule has 0 amide bonds. The normalized spacial score (nSPS) is 10.3. The maximum atomic E-state index is 12.9. The zero-order chi connectivity index (χ0) is 14.7. The third-order valence-corrected chi connectivity index (χ3v) is 3.73. The van der Waals surface area contributed by atoms with Crippen molar-refractivity contribution in [1.82, 2.24) is 0 Å². The topological polar surface area (TPSA) is 52.3 Å².